The first-order chi connectivity index (χ1) is 15.3. The Hall–Kier alpha value is -3.31. The van der Waals surface area contributed by atoms with Crippen LogP contribution >= 0.6 is 0 Å². The molecule has 0 bridgehead atoms. The van der Waals surface area contributed by atoms with Crippen molar-refractivity contribution in [3.8, 4) is 11.5 Å². The summed E-state index contributed by atoms with van der Waals surface area (Å²) in [4.78, 5) is 15.1. The maximum atomic E-state index is 12.8. The Morgan fingerprint density at radius 3 is 2.58 bits per heavy atom. The van der Waals surface area contributed by atoms with E-state index in [0.29, 0.717) is 25.5 Å². The fourth-order valence-corrected chi connectivity index (χ4v) is 4.42. The zero-order valence-corrected chi connectivity index (χ0v) is 17.4. The van der Waals surface area contributed by atoms with Crippen LogP contribution < -0.4 is 14.8 Å². The smallest absolute Gasteiger partial charge is 0.238 e. The Labute approximate surface area is 182 Å². The fourth-order valence-electron chi connectivity index (χ4n) is 4.42. The molecule has 2 aliphatic rings. The monoisotopic (exact) mass is 414 g/mol. The average molecular weight is 415 g/mol. The fraction of sp³-hybridized carbons (Fsp3) is 0.269. The van der Waals surface area contributed by atoms with Gasteiger partial charge in [-0.25, -0.2) is 0 Å². The summed E-state index contributed by atoms with van der Waals surface area (Å²) in [6.07, 6.45) is 0.857. The van der Waals surface area contributed by atoms with Gasteiger partial charge in [0.1, 0.15) is 0 Å². The number of nitrogens with zero attached hydrogens (tertiary/aromatic N) is 1. The summed E-state index contributed by atoms with van der Waals surface area (Å²) in [5, 5.41) is 3.02. The van der Waals surface area contributed by atoms with Crippen molar-refractivity contribution in [1.29, 1.82) is 0 Å². The molecular formula is C26H26N2O3. The zero-order chi connectivity index (χ0) is 21.0. The number of ether oxygens (including phenoxy) is 2. The number of benzene rings is 3. The highest BCUT2D eigenvalue weighted by atomic mass is 16.5. The van der Waals surface area contributed by atoms with Crippen LogP contribution in [0, 0.1) is 0 Å². The molecule has 0 radical (unpaired) electrons. The van der Waals surface area contributed by atoms with Gasteiger partial charge in [-0.05, 0) is 28.8 Å². The van der Waals surface area contributed by atoms with E-state index in [1.165, 1.54) is 16.7 Å². The van der Waals surface area contributed by atoms with Crippen LogP contribution in [0.1, 0.15) is 29.0 Å². The minimum Gasteiger partial charge on any atom is -0.490 e. The SMILES string of the molecule is O=C(CN1Cc2ccccc2C(c2ccccc2)C1)Nc1ccc2c(c1)OCCCO2. The molecule has 1 unspecified atom stereocenters. The van der Waals surface area contributed by atoms with Crippen molar-refractivity contribution in [3.05, 3.63) is 89.5 Å². The molecule has 31 heavy (non-hydrogen) atoms. The van der Waals surface area contributed by atoms with Gasteiger partial charge in [-0.2, -0.15) is 0 Å². The van der Waals surface area contributed by atoms with Crippen molar-refractivity contribution < 1.29 is 14.3 Å². The molecule has 158 valence electrons. The predicted octanol–water partition coefficient (Wildman–Crippen LogP) is 4.43. The van der Waals surface area contributed by atoms with Gasteiger partial charge in [-0.15, -0.1) is 0 Å². The van der Waals surface area contributed by atoms with E-state index in [2.05, 4.69) is 58.7 Å². The maximum absolute atomic E-state index is 12.8. The van der Waals surface area contributed by atoms with Crippen LogP contribution in [0.3, 0.4) is 0 Å². The lowest BCUT2D eigenvalue weighted by Crippen LogP contribution is -2.39. The third kappa shape index (κ3) is 4.42. The Bertz CT molecular complexity index is 1070. The molecule has 2 heterocycles. The predicted molar refractivity (Wildman–Crippen MR) is 121 cm³/mol. The van der Waals surface area contributed by atoms with E-state index in [-0.39, 0.29) is 11.8 Å². The minimum atomic E-state index is -0.0271. The number of carbonyl (C=O) groups is 1. The number of rotatable bonds is 4. The Kier molecular flexibility index (Phi) is 5.59. The third-order valence-electron chi connectivity index (χ3n) is 5.87. The first kappa shape index (κ1) is 19.6. The maximum Gasteiger partial charge on any atom is 0.238 e. The molecule has 5 rings (SSSR count). The second kappa shape index (κ2) is 8.82. The number of fused-ring (bicyclic) bond motifs is 2. The normalized spacial score (nSPS) is 18.0. The lowest BCUT2D eigenvalue weighted by Gasteiger charge is -2.34. The van der Waals surface area contributed by atoms with Crippen molar-refractivity contribution in [2.24, 2.45) is 0 Å². The van der Waals surface area contributed by atoms with Crippen LogP contribution in [0.5, 0.6) is 11.5 Å². The summed E-state index contributed by atoms with van der Waals surface area (Å²) < 4.78 is 11.4. The molecule has 0 aliphatic carbocycles. The van der Waals surface area contributed by atoms with Crippen LogP contribution in [0.15, 0.2) is 72.8 Å². The number of hydrogen-bond donors (Lipinski definition) is 1. The molecule has 0 saturated heterocycles. The van der Waals surface area contributed by atoms with E-state index in [1.54, 1.807) is 0 Å². The highest BCUT2D eigenvalue weighted by Crippen LogP contribution is 2.34. The summed E-state index contributed by atoms with van der Waals surface area (Å²) in [6, 6.07) is 24.6. The van der Waals surface area contributed by atoms with Gasteiger partial charge in [-0.3, -0.25) is 9.69 Å². The van der Waals surface area contributed by atoms with Crippen molar-refractivity contribution in [3.63, 3.8) is 0 Å². The Morgan fingerprint density at radius 1 is 0.935 bits per heavy atom. The minimum absolute atomic E-state index is 0.0271. The highest BCUT2D eigenvalue weighted by molar-refractivity contribution is 5.92. The van der Waals surface area contributed by atoms with Crippen LogP contribution in [0.4, 0.5) is 5.69 Å². The third-order valence-corrected chi connectivity index (χ3v) is 5.87. The second-order valence-corrected chi connectivity index (χ2v) is 8.09. The standard InChI is InChI=1S/C26H26N2O3/c29-26(27-21-11-12-24-25(15-21)31-14-6-13-30-24)18-28-16-20-9-4-5-10-22(20)23(17-28)19-7-2-1-3-8-19/h1-5,7-12,15,23H,6,13-14,16-18H2,(H,27,29). The Balaban J connectivity index is 1.30. The van der Waals surface area contributed by atoms with Gasteiger partial charge in [-0.1, -0.05) is 54.6 Å². The molecule has 1 atom stereocenters. The van der Waals surface area contributed by atoms with Crippen molar-refractivity contribution in [2.75, 3.05) is 31.6 Å². The molecule has 0 fully saturated rings. The largest absolute Gasteiger partial charge is 0.490 e. The number of anilines is 1. The van der Waals surface area contributed by atoms with Gasteiger partial charge in [0, 0.05) is 37.2 Å². The van der Waals surface area contributed by atoms with Gasteiger partial charge in [0.05, 0.1) is 19.8 Å². The topological polar surface area (TPSA) is 50.8 Å². The molecule has 0 aromatic heterocycles. The molecule has 2 aliphatic heterocycles. The summed E-state index contributed by atoms with van der Waals surface area (Å²) in [7, 11) is 0. The molecule has 0 spiro atoms. The number of carbonyl (C=O) groups excluding carboxylic acids is 1. The van der Waals surface area contributed by atoms with E-state index in [4.69, 9.17) is 9.47 Å². The van der Waals surface area contributed by atoms with Gasteiger partial charge >= 0.3 is 0 Å². The van der Waals surface area contributed by atoms with Crippen molar-refractivity contribution in [2.45, 2.75) is 18.9 Å². The van der Waals surface area contributed by atoms with E-state index < -0.39 is 0 Å². The lowest BCUT2D eigenvalue weighted by molar-refractivity contribution is -0.117. The van der Waals surface area contributed by atoms with Crippen molar-refractivity contribution in [1.82, 2.24) is 4.90 Å². The summed E-state index contributed by atoms with van der Waals surface area (Å²) in [5.74, 6) is 1.65. The Morgan fingerprint density at radius 2 is 1.71 bits per heavy atom. The van der Waals surface area contributed by atoms with Crippen molar-refractivity contribution >= 4 is 11.6 Å². The number of hydrogen-bond acceptors (Lipinski definition) is 4. The van der Waals surface area contributed by atoms with E-state index in [0.717, 1.165) is 30.9 Å². The van der Waals surface area contributed by atoms with Gasteiger partial charge in [0.2, 0.25) is 5.91 Å². The molecule has 1 N–H and O–H groups in total. The quantitative estimate of drug-likeness (QED) is 0.686. The molecule has 0 saturated carbocycles. The molecule has 5 heteroatoms. The second-order valence-electron chi connectivity index (χ2n) is 8.09. The van der Waals surface area contributed by atoms with E-state index in [1.807, 2.05) is 24.3 Å². The van der Waals surface area contributed by atoms with Crippen LogP contribution in [-0.2, 0) is 11.3 Å². The molecule has 3 aromatic rings. The molecule has 3 aromatic carbocycles. The average Bonchev–Trinajstić information content (AvgIpc) is 3.04. The highest BCUT2D eigenvalue weighted by Gasteiger charge is 2.27. The van der Waals surface area contributed by atoms with Gasteiger partial charge in [0.15, 0.2) is 11.5 Å². The van der Waals surface area contributed by atoms with Gasteiger partial charge in [0.25, 0.3) is 0 Å². The van der Waals surface area contributed by atoms with Crippen LogP contribution in [-0.4, -0.2) is 37.1 Å². The summed E-state index contributed by atoms with van der Waals surface area (Å²) in [6.45, 7) is 3.20. The lowest BCUT2D eigenvalue weighted by atomic mass is 9.84. The van der Waals surface area contributed by atoms with Crippen LogP contribution in [0.2, 0.25) is 0 Å². The number of amides is 1. The summed E-state index contributed by atoms with van der Waals surface area (Å²) >= 11 is 0. The van der Waals surface area contributed by atoms with E-state index in [9.17, 15) is 4.79 Å². The number of nitrogens with one attached hydrogen (secondary N) is 1. The van der Waals surface area contributed by atoms with Gasteiger partial charge < -0.3 is 14.8 Å². The van der Waals surface area contributed by atoms with E-state index >= 15 is 0 Å². The summed E-state index contributed by atoms with van der Waals surface area (Å²) in [5.41, 5.74) is 4.65. The molecule has 1 amide bonds. The van der Waals surface area contributed by atoms with Crippen LogP contribution in [0.25, 0.3) is 0 Å². The molecule has 5 nitrogen and oxygen atoms in total. The molecular weight excluding hydrogens is 388 g/mol. The first-order valence-electron chi connectivity index (χ1n) is 10.8. The first-order valence-corrected chi connectivity index (χ1v) is 10.8. The zero-order valence-electron chi connectivity index (χ0n) is 17.4.